The van der Waals surface area contributed by atoms with Crippen molar-refractivity contribution in [2.24, 2.45) is 0 Å². The van der Waals surface area contributed by atoms with Gasteiger partial charge in [0, 0.05) is 17.1 Å². The van der Waals surface area contributed by atoms with Crippen molar-refractivity contribution in [3.05, 3.63) is 71.2 Å². The summed E-state index contributed by atoms with van der Waals surface area (Å²) in [4.78, 5) is 21.3. The highest BCUT2D eigenvalue weighted by Crippen LogP contribution is 2.23. The van der Waals surface area contributed by atoms with Gasteiger partial charge in [0.15, 0.2) is 0 Å². The van der Waals surface area contributed by atoms with Gasteiger partial charge in [-0.2, -0.15) is 0 Å². The van der Waals surface area contributed by atoms with Crippen LogP contribution in [0.5, 0.6) is 0 Å². The van der Waals surface area contributed by atoms with Crippen molar-refractivity contribution in [1.82, 2.24) is 15.1 Å². The average molecular weight is 437 g/mol. The Labute approximate surface area is 178 Å². The number of aromatic nitrogens is 3. The molecule has 0 aliphatic heterocycles. The predicted molar refractivity (Wildman–Crippen MR) is 115 cm³/mol. The fraction of sp³-hybridized carbons (Fsp3) is 0.143. The number of aryl methyl sites for hydroxylation is 3. The number of hydrogen-bond donors (Lipinski definition) is 2. The van der Waals surface area contributed by atoms with Crippen LogP contribution >= 0.6 is 0 Å². The molecule has 0 radical (unpaired) electrons. The van der Waals surface area contributed by atoms with Crippen molar-refractivity contribution in [3.8, 4) is 0 Å². The fourth-order valence-corrected chi connectivity index (χ4v) is 4.11. The normalized spacial score (nSPS) is 11.5. The van der Waals surface area contributed by atoms with Crippen LogP contribution in [0.25, 0.3) is 11.1 Å². The van der Waals surface area contributed by atoms with Crippen molar-refractivity contribution in [2.45, 2.75) is 25.7 Å². The Morgan fingerprint density at radius 3 is 2.42 bits per heavy atom. The molecule has 3 heterocycles. The largest absolute Gasteiger partial charge is 0.336 e. The Morgan fingerprint density at radius 2 is 1.71 bits per heavy atom. The van der Waals surface area contributed by atoms with Crippen LogP contribution in [0.2, 0.25) is 0 Å². The van der Waals surface area contributed by atoms with Gasteiger partial charge in [0.05, 0.1) is 21.5 Å². The number of anilines is 2. The Kier molecular flexibility index (Phi) is 5.15. The Balaban J connectivity index is 1.55. The molecule has 1 aromatic carbocycles. The third kappa shape index (κ3) is 4.24. The monoisotopic (exact) mass is 437 g/mol. The van der Waals surface area contributed by atoms with Gasteiger partial charge >= 0.3 is 0 Å². The lowest BCUT2D eigenvalue weighted by Crippen LogP contribution is -2.15. The number of fused-ring (bicyclic) bond motifs is 1. The van der Waals surface area contributed by atoms with Gasteiger partial charge in [0.2, 0.25) is 0 Å². The van der Waals surface area contributed by atoms with E-state index in [0.29, 0.717) is 39.4 Å². The van der Waals surface area contributed by atoms with E-state index in [1.54, 1.807) is 45.0 Å². The van der Waals surface area contributed by atoms with E-state index in [1.807, 2.05) is 0 Å². The minimum Gasteiger partial charge on any atom is -0.336 e. The first-order valence-corrected chi connectivity index (χ1v) is 10.8. The van der Waals surface area contributed by atoms with E-state index in [4.69, 9.17) is 4.52 Å². The summed E-state index contributed by atoms with van der Waals surface area (Å²) in [5, 5.41) is 7.17. The number of hydrogen-bond acceptors (Lipinski definition) is 7. The van der Waals surface area contributed by atoms with Gasteiger partial charge in [-0.15, -0.1) is 0 Å². The molecule has 4 rings (SSSR count). The van der Waals surface area contributed by atoms with Crippen LogP contribution in [0, 0.1) is 20.8 Å². The number of sulfonamides is 1. The Bertz CT molecular complexity index is 1400. The van der Waals surface area contributed by atoms with Crippen LogP contribution in [0.3, 0.4) is 0 Å². The summed E-state index contributed by atoms with van der Waals surface area (Å²) in [7, 11) is -3.81. The summed E-state index contributed by atoms with van der Waals surface area (Å²) >= 11 is 0. The topological polar surface area (TPSA) is 127 Å². The van der Waals surface area contributed by atoms with Crippen LogP contribution in [-0.2, 0) is 10.0 Å². The summed E-state index contributed by atoms with van der Waals surface area (Å²) < 4.78 is 32.8. The molecule has 0 aliphatic carbocycles. The lowest BCUT2D eigenvalue weighted by atomic mass is 10.1. The minimum absolute atomic E-state index is 0.0471. The van der Waals surface area contributed by atoms with Gasteiger partial charge in [-0.3, -0.25) is 9.52 Å². The second-order valence-corrected chi connectivity index (χ2v) is 8.69. The highest BCUT2D eigenvalue weighted by Gasteiger charge is 2.19. The maximum absolute atomic E-state index is 12.8. The smallest absolute Gasteiger partial charge is 0.263 e. The zero-order valence-electron chi connectivity index (χ0n) is 17.0. The number of benzene rings is 1. The lowest BCUT2D eigenvalue weighted by molar-refractivity contribution is 0.102. The highest BCUT2D eigenvalue weighted by atomic mass is 32.2. The Morgan fingerprint density at radius 1 is 0.968 bits per heavy atom. The summed E-state index contributed by atoms with van der Waals surface area (Å²) in [6.45, 7) is 5.26. The molecule has 1 amide bonds. The van der Waals surface area contributed by atoms with Crippen molar-refractivity contribution in [2.75, 3.05) is 10.0 Å². The molecule has 0 atom stereocenters. The van der Waals surface area contributed by atoms with E-state index >= 15 is 0 Å². The molecule has 158 valence electrons. The molecule has 4 aromatic rings. The van der Waals surface area contributed by atoms with Crippen LogP contribution < -0.4 is 10.0 Å². The average Bonchev–Trinajstić information content (AvgIpc) is 3.08. The first kappa shape index (κ1) is 20.5. The van der Waals surface area contributed by atoms with Gasteiger partial charge in [-0.1, -0.05) is 11.2 Å². The van der Waals surface area contributed by atoms with Crippen molar-refractivity contribution < 1.29 is 17.7 Å². The molecule has 0 unspecified atom stereocenters. The fourth-order valence-electron chi connectivity index (χ4n) is 3.11. The molecule has 9 nitrogen and oxygen atoms in total. The lowest BCUT2D eigenvalue weighted by Gasteiger charge is -2.10. The molecule has 0 aliphatic rings. The second-order valence-electron chi connectivity index (χ2n) is 7.01. The van der Waals surface area contributed by atoms with E-state index in [9.17, 15) is 13.2 Å². The zero-order valence-corrected chi connectivity index (χ0v) is 17.8. The van der Waals surface area contributed by atoms with Gasteiger partial charge < -0.3 is 9.84 Å². The minimum atomic E-state index is -3.81. The summed E-state index contributed by atoms with van der Waals surface area (Å²) in [5.41, 5.74) is 2.98. The Hall–Kier alpha value is -3.79. The van der Waals surface area contributed by atoms with E-state index in [2.05, 4.69) is 25.2 Å². The molecule has 0 spiro atoms. The van der Waals surface area contributed by atoms with Gasteiger partial charge in [0.25, 0.3) is 21.6 Å². The van der Waals surface area contributed by atoms with Gasteiger partial charge in [0.1, 0.15) is 5.82 Å². The van der Waals surface area contributed by atoms with Crippen LogP contribution in [0.1, 0.15) is 27.4 Å². The molecule has 3 aromatic heterocycles. The van der Waals surface area contributed by atoms with Crippen LogP contribution in [-0.4, -0.2) is 29.4 Å². The van der Waals surface area contributed by atoms with E-state index in [-0.39, 0.29) is 16.6 Å². The summed E-state index contributed by atoms with van der Waals surface area (Å²) in [6, 6.07) is 12.6. The maximum Gasteiger partial charge on any atom is 0.263 e. The molecule has 2 N–H and O–H groups in total. The maximum atomic E-state index is 12.8. The molecule has 0 saturated heterocycles. The van der Waals surface area contributed by atoms with E-state index in [1.165, 1.54) is 24.3 Å². The number of carbonyl (C=O) groups excluding carboxylic acids is 1. The van der Waals surface area contributed by atoms with E-state index < -0.39 is 10.0 Å². The summed E-state index contributed by atoms with van der Waals surface area (Å²) in [5.74, 6) is -0.141. The number of amides is 1. The standard InChI is InChI=1S/C21H19N5O4S/c1-12-5-4-6-18(22-12)26-31(28,29)16-9-7-15(8-10-16)24-20(27)17-11-13(2)23-21-19(17)14(3)25-30-21/h4-11H,1-3H3,(H,22,26)(H,24,27). The van der Waals surface area contributed by atoms with Crippen molar-refractivity contribution in [1.29, 1.82) is 0 Å². The first-order chi connectivity index (χ1) is 14.7. The third-order valence-corrected chi connectivity index (χ3v) is 5.91. The number of nitrogens with one attached hydrogen (secondary N) is 2. The molecule has 31 heavy (non-hydrogen) atoms. The third-order valence-electron chi connectivity index (χ3n) is 4.54. The van der Waals surface area contributed by atoms with Gasteiger partial charge in [-0.25, -0.2) is 18.4 Å². The first-order valence-electron chi connectivity index (χ1n) is 9.34. The molecular formula is C21H19N5O4S. The number of pyridine rings is 2. The van der Waals surface area contributed by atoms with Crippen LogP contribution in [0.15, 0.2) is 57.9 Å². The van der Waals surface area contributed by atoms with Crippen molar-refractivity contribution >= 4 is 38.5 Å². The predicted octanol–water partition coefficient (Wildman–Crippen LogP) is 3.60. The molecule has 0 fully saturated rings. The van der Waals surface area contributed by atoms with Gasteiger partial charge in [-0.05, 0) is 63.2 Å². The van der Waals surface area contributed by atoms with Crippen molar-refractivity contribution in [3.63, 3.8) is 0 Å². The molecular weight excluding hydrogens is 418 g/mol. The highest BCUT2D eigenvalue weighted by molar-refractivity contribution is 7.92. The summed E-state index contributed by atoms with van der Waals surface area (Å²) in [6.07, 6.45) is 0. The quantitative estimate of drug-likeness (QED) is 0.488. The zero-order chi connectivity index (χ0) is 22.2. The SMILES string of the molecule is Cc1cccc(NS(=O)(=O)c2ccc(NC(=O)c3cc(C)nc4onc(C)c34)cc2)n1. The second kappa shape index (κ2) is 7.80. The van der Waals surface area contributed by atoms with E-state index in [0.717, 1.165) is 0 Å². The molecule has 0 saturated carbocycles. The number of nitrogens with zero attached hydrogens (tertiary/aromatic N) is 3. The number of rotatable bonds is 5. The number of carbonyl (C=O) groups is 1. The molecule has 10 heteroatoms. The van der Waals surface area contributed by atoms with Crippen LogP contribution in [0.4, 0.5) is 11.5 Å². The molecule has 0 bridgehead atoms.